The van der Waals surface area contributed by atoms with Crippen molar-refractivity contribution in [3.8, 4) is 11.5 Å². The van der Waals surface area contributed by atoms with Crippen molar-refractivity contribution in [2.75, 3.05) is 21.3 Å². The summed E-state index contributed by atoms with van der Waals surface area (Å²) in [6, 6.07) is 4.25. The Morgan fingerprint density at radius 1 is 0.913 bits per heavy atom. The SMILES string of the molecule is CCCCCCCCC(=O)N[C@@H](CC(C)C)C(=O)NC(C)(CCC(=O)N(C)Cc1ccc(OC)cc1OC)C(O)C(=O)NC(C)C. The molecule has 0 aliphatic rings. The molecule has 1 rings (SSSR count). The number of carbonyl (C=O) groups is 4. The second-order valence-electron chi connectivity index (χ2n) is 13.2. The Hall–Kier alpha value is -3.34. The average molecular weight is 649 g/mol. The summed E-state index contributed by atoms with van der Waals surface area (Å²) in [5, 5.41) is 19.6. The number of methoxy groups -OCH3 is 2. The number of aliphatic hydroxyl groups excluding tert-OH is 1. The number of benzene rings is 1. The smallest absolute Gasteiger partial charge is 0.251 e. The number of unbranched alkanes of at least 4 members (excludes halogenated alkanes) is 5. The number of nitrogens with one attached hydrogen (secondary N) is 3. The minimum atomic E-state index is -1.64. The molecular formula is C35H60N4O7. The van der Waals surface area contributed by atoms with Gasteiger partial charge in [0, 0.05) is 44.1 Å². The number of nitrogens with zero attached hydrogens (tertiary/aromatic N) is 1. The molecule has 0 fully saturated rings. The van der Waals surface area contributed by atoms with E-state index >= 15 is 0 Å². The van der Waals surface area contributed by atoms with Crippen LogP contribution in [0.5, 0.6) is 11.5 Å². The second kappa shape index (κ2) is 20.7. The molecule has 0 aliphatic heterocycles. The van der Waals surface area contributed by atoms with Gasteiger partial charge in [-0.3, -0.25) is 19.2 Å². The lowest BCUT2D eigenvalue weighted by Gasteiger charge is -2.37. The van der Waals surface area contributed by atoms with Gasteiger partial charge >= 0.3 is 0 Å². The fraction of sp³-hybridized carbons (Fsp3) is 0.714. The van der Waals surface area contributed by atoms with Crippen molar-refractivity contribution in [2.45, 2.75) is 136 Å². The van der Waals surface area contributed by atoms with Crippen LogP contribution in [-0.2, 0) is 25.7 Å². The summed E-state index contributed by atoms with van der Waals surface area (Å²) in [6.45, 7) is 11.4. The highest BCUT2D eigenvalue weighted by molar-refractivity contribution is 5.89. The van der Waals surface area contributed by atoms with Gasteiger partial charge in [-0.1, -0.05) is 52.9 Å². The summed E-state index contributed by atoms with van der Waals surface area (Å²) in [7, 11) is 4.76. The van der Waals surface area contributed by atoms with Crippen LogP contribution >= 0.6 is 0 Å². The van der Waals surface area contributed by atoms with Gasteiger partial charge in [0.05, 0.1) is 19.8 Å². The van der Waals surface area contributed by atoms with Gasteiger partial charge in [-0.25, -0.2) is 0 Å². The van der Waals surface area contributed by atoms with Gasteiger partial charge in [0.2, 0.25) is 17.7 Å². The summed E-state index contributed by atoms with van der Waals surface area (Å²) < 4.78 is 10.7. The van der Waals surface area contributed by atoms with Gasteiger partial charge < -0.3 is 35.4 Å². The maximum atomic E-state index is 13.7. The Balaban J connectivity index is 3.07. The highest BCUT2D eigenvalue weighted by Crippen LogP contribution is 2.26. The van der Waals surface area contributed by atoms with Crippen molar-refractivity contribution in [1.29, 1.82) is 0 Å². The van der Waals surface area contributed by atoms with Gasteiger partial charge in [0.15, 0.2) is 6.10 Å². The molecule has 2 unspecified atom stereocenters. The lowest BCUT2D eigenvalue weighted by atomic mass is 9.87. The first kappa shape index (κ1) is 40.7. The van der Waals surface area contributed by atoms with E-state index in [1.807, 2.05) is 19.9 Å². The van der Waals surface area contributed by atoms with E-state index in [4.69, 9.17) is 9.47 Å². The van der Waals surface area contributed by atoms with E-state index in [2.05, 4.69) is 22.9 Å². The molecule has 0 aromatic heterocycles. The molecule has 0 bridgehead atoms. The van der Waals surface area contributed by atoms with Crippen LogP contribution in [0.4, 0.5) is 0 Å². The van der Waals surface area contributed by atoms with Crippen LogP contribution in [-0.4, -0.2) is 78.6 Å². The van der Waals surface area contributed by atoms with Gasteiger partial charge in [-0.15, -0.1) is 0 Å². The fourth-order valence-electron chi connectivity index (χ4n) is 5.21. The third kappa shape index (κ3) is 14.4. The summed E-state index contributed by atoms with van der Waals surface area (Å²) in [5.74, 6) is -0.323. The highest BCUT2D eigenvalue weighted by Gasteiger charge is 2.41. The molecule has 0 aliphatic carbocycles. The normalized spacial score (nSPS) is 13.8. The number of hydrogen-bond acceptors (Lipinski definition) is 7. The zero-order chi connectivity index (χ0) is 34.9. The summed E-state index contributed by atoms with van der Waals surface area (Å²) >= 11 is 0. The first-order valence-corrected chi connectivity index (χ1v) is 16.7. The largest absolute Gasteiger partial charge is 0.497 e. The average Bonchev–Trinajstić information content (AvgIpc) is 3.00. The van der Waals surface area contributed by atoms with Gasteiger partial charge in [0.1, 0.15) is 17.5 Å². The Kier molecular flexibility index (Phi) is 18.3. The standard InChI is InChI=1S/C35H60N4O7/c1-10-11-12-13-14-15-16-30(40)37-28(21-24(2)3)33(43)38-35(6,32(42)34(44)36-25(4)5)20-19-31(41)39(7)23-26-17-18-27(45-8)22-29(26)46-9/h17-18,22,24-25,28,32,42H,10-16,19-21,23H2,1-9H3,(H,36,44)(H,37,40)(H,38,43)/t28-,32?,35?/m0/s1. The van der Waals surface area contributed by atoms with Crippen LogP contribution in [0.3, 0.4) is 0 Å². The summed E-state index contributed by atoms with van der Waals surface area (Å²) in [5.41, 5.74) is -0.719. The van der Waals surface area contributed by atoms with E-state index in [1.54, 1.807) is 54.2 Å². The first-order valence-electron chi connectivity index (χ1n) is 16.7. The quantitative estimate of drug-likeness (QED) is 0.136. The molecule has 46 heavy (non-hydrogen) atoms. The molecule has 0 saturated carbocycles. The second-order valence-corrected chi connectivity index (χ2v) is 13.2. The highest BCUT2D eigenvalue weighted by atomic mass is 16.5. The van der Waals surface area contributed by atoms with Crippen molar-refractivity contribution < 1.29 is 33.8 Å². The zero-order valence-electron chi connectivity index (χ0n) is 29.7. The predicted molar refractivity (Wildman–Crippen MR) is 180 cm³/mol. The van der Waals surface area contributed by atoms with Crippen LogP contribution in [0.25, 0.3) is 0 Å². The van der Waals surface area contributed by atoms with Crippen LogP contribution in [0.1, 0.15) is 111 Å². The maximum Gasteiger partial charge on any atom is 0.251 e. The summed E-state index contributed by atoms with van der Waals surface area (Å²) in [6.07, 6.45) is 5.25. The molecule has 0 saturated heterocycles. The van der Waals surface area contributed by atoms with Crippen LogP contribution < -0.4 is 25.4 Å². The third-order valence-electron chi connectivity index (χ3n) is 7.99. The molecule has 1 aromatic carbocycles. The van der Waals surface area contributed by atoms with Crippen LogP contribution in [0.15, 0.2) is 18.2 Å². The van der Waals surface area contributed by atoms with Crippen LogP contribution in [0, 0.1) is 5.92 Å². The molecule has 11 nitrogen and oxygen atoms in total. The molecule has 3 atom stereocenters. The Morgan fingerprint density at radius 2 is 1.57 bits per heavy atom. The number of ether oxygens (including phenoxy) is 2. The monoisotopic (exact) mass is 648 g/mol. The maximum absolute atomic E-state index is 13.7. The zero-order valence-corrected chi connectivity index (χ0v) is 29.7. The van der Waals surface area contributed by atoms with E-state index in [-0.39, 0.29) is 43.2 Å². The number of rotatable bonds is 22. The molecule has 4 amide bonds. The van der Waals surface area contributed by atoms with E-state index in [0.717, 1.165) is 37.7 Å². The van der Waals surface area contributed by atoms with Gasteiger partial charge in [-0.05, 0) is 58.1 Å². The Morgan fingerprint density at radius 3 is 2.15 bits per heavy atom. The summed E-state index contributed by atoms with van der Waals surface area (Å²) in [4.78, 5) is 54.3. The number of carbonyl (C=O) groups excluding carboxylic acids is 4. The van der Waals surface area contributed by atoms with Crippen molar-refractivity contribution >= 4 is 23.6 Å². The Bertz CT molecular complexity index is 1110. The molecule has 262 valence electrons. The lowest BCUT2D eigenvalue weighted by molar-refractivity contribution is -0.140. The minimum Gasteiger partial charge on any atom is -0.497 e. The number of amides is 4. The minimum absolute atomic E-state index is 0.0194. The van der Waals surface area contributed by atoms with Gasteiger partial charge in [0.25, 0.3) is 5.91 Å². The molecular weight excluding hydrogens is 588 g/mol. The first-order chi connectivity index (χ1) is 21.7. The molecule has 11 heteroatoms. The van der Waals surface area contributed by atoms with Crippen molar-refractivity contribution in [3.05, 3.63) is 23.8 Å². The van der Waals surface area contributed by atoms with Crippen molar-refractivity contribution in [2.24, 2.45) is 5.92 Å². The van der Waals surface area contributed by atoms with E-state index in [9.17, 15) is 24.3 Å². The topological polar surface area (TPSA) is 146 Å². The third-order valence-corrected chi connectivity index (χ3v) is 7.99. The van der Waals surface area contributed by atoms with E-state index < -0.39 is 29.5 Å². The fourth-order valence-corrected chi connectivity index (χ4v) is 5.21. The number of aliphatic hydroxyl groups is 1. The molecule has 4 N–H and O–H groups in total. The van der Waals surface area contributed by atoms with Gasteiger partial charge in [-0.2, -0.15) is 0 Å². The number of hydrogen-bond donors (Lipinski definition) is 4. The molecule has 1 aromatic rings. The molecule has 0 heterocycles. The van der Waals surface area contributed by atoms with Crippen molar-refractivity contribution in [1.82, 2.24) is 20.9 Å². The lowest BCUT2D eigenvalue weighted by Crippen LogP contribution is -2.63. The predicted octanol–water partition coefficient (Wildman–Crippen LogP) is 4.48. The Labute approximate surface area is 276 Å². The van der Waals surface area contributed by atoms with E-state index in [1.165, 1.54) is 11.3 Å². The molecule has 0 radical (unpaired) electrons. The van der Waals surface area contributed by atoms with E-state index in [0.29, 0.717) is 24.3 Å². The van der Waals surface area contributed by atoms with Crippen molar-refractivity contribution in [3.63, 3.8) is 0 Å². The van der Waals surface area contributed by atoms with Crippen LogP contribution in [0.2, 0.25) is 0 Å². The molecule has 0 spiro atoms.